The molecular weight excluding hydrogens is 222 g/mol. The molecule has 0 amide bonds. The van der Waals surface area contributed by atoms with Crippen LogP contribution < -0.4 is 0 Å². The minimum atomic E-state index is 0.156. The minimum absolute atomic E-state index is 0.156. The van der Waals surface area contributed by atoms with Crippen molar-refractivity contribution in [3.05, 3.63) is 28.8 Å². The molecule has 1 aromatic rings. The van der Waals surface area contributed by atoms with E-state index < -0.39 is 0 Å². The van der Waals surface area contributed by atoms with Crippen molar-refractivity contribution in [1.82, 2.24) is 4.90 Å². The van der Waals surface area contributed by atoms with E-state index in [9.17, 15) is 5.11 Å². The molecule has 0 spiro atoms. The van der Waals surface area contributed by atoms with Crippen LogP contribution in [0.3, 0.4) is 0 Å². The second kappa shape index (κ2) is 6.77. The Morgan fingerprint density at radius 1 is 1.19 bits per heavy atom. The first-order valence-electron chi connectivity index (χ1n) is 5.87. The van der Waals surface area contributed by atoms with Crippen molar-refractivity contribution >= 4 is 11.6 Å². The highest BCUT2D eigenvalue weighted by atomic mass is 35.5. The topological polar surface area (TPSA) is 23.5 Å². The van der Waals surface area contributed by atoms with Gasteiger partial charge in [0.25, 0.3) is 0 Å². The van der Waals surface area contributed by atoms with Gasteiger partial charge >= 0.3 is 0 Å². The maximum atomic E-state index is 9.34. The lowest BCUT2D eigenvalue weighted by Gasteiger charge is -2.21. The van der Waals surface area contributed by atoms with E-state index in [1.54, 1.807) is 6.07 Å². The summed E-state index contributed by atoms with van der Waals surface area (Å²) in [5.41, 5.74) is 1.16. The first kappa shape index (κ1) is 13.3. The quantitative estimate of drug-likeness (QED) is 0.822. The summed E-state index contributed by atoms with van der Waals surface area (Å²) in [4.78, 5) is 2.41. The molecule has 0 saturated carbocycles. The fraction of sp³-hybridized carbons (Fsp3) is 0.538. The fourth-order valence-electron chi connectivity index (χ4n) is 1.81. The van der Waals surface area contributed by atoms with E-state index in [1.807, 2.05) is 12.1 Å². The monoisotopic (exact) mass is 241 g/mol. The third-order valence-electron chi connectivity index (χ3n) is 2.50. The normalized spacial score (nSPS) is 11.0. The zero-order chi connectivity index (χ0) is 12.0. The largest absolute Gasteiger partial charge is 0.506 e. The molecule has 0 atom stereocenters. The van der Waals surface area contributed by atoms with E-state index >= 15 is 0 Å². The molecule has 0 heterocycles. The maximum absolute atomic E-state index is 9.34. The summed E-state index contributed by atoms with van der Waals surface area (Å²) < 4.78 is 0. The van der Waals surface area contributed by atoms with Crippen LogP contribution in [0.25, 0.3) is 0 Å². The summed E-state index contributed by atoms with van der Waals surface area (Å²) in [5, 5.41) is 9.77. The highest BCUT2D eigenvalue weighted by Crippen LogP contribution is 2.24. The predicted molar refractivity (Wildman–Crippen MR) is 69.0 cm³/mol. The Hall–Kier alpha value is -0.730. The molecule has 16 heavy (non-hydrogen) atoms. The summed E-state index contributed by atoms with van der Waals surface area (Å²) in [6.45, 7) is 7.49. The number of phenols is 1. The molecule has 0 saturated heterocycles. The van der Waals surface area contributed by atoms with E-state index in [4.69, 9.17) is 11.6 Å². The van der Waals surface area contributed by atoms with Gasteiger partial charge in [-0.1, -0.05) is 31.5 Å². The molecule has 0 bridgehead atoms. The van der Waals surface area contributed by atoms with Crippen molar-refractivity contribution in [2.75, 3.05) is 13.1 Å². The number of phenolic OH excluding ortho intramolecular Hbond substituents is 1. The smallest absolute Gasteiger partial charge is 0.134 e. The van der Waals surface area contributed by atoms with Crippen LogP contribution >= 0.6 is 11.6 Å². The Labute approximate surface area is 103 Å². The molecule has 3 heteroatoms. The Balaban J connectivity index is 2.65. The van der Waals surface area contributed by atoms with Crippen molar-refractivity contribution < 1.29 is 5.11 Å². The second-order valence-corrected chi connectivity index (χ2v) is 4.47. The van der Waals surface area contributed by atoms with Crippen LogP contribution in [0.15, 0.2) is 18.2 Å². The van der Waals surface area contributed by atoms with Gasteiger partial charge in [-0.2, -0.15) is 0 Å². The molecule has 0 aliphatic rings. The number of rotatable bonds is 6. The molecule has 0 radical (unpaired) electrons. The van der Waals surface area contributed by atoms with Crippen LogP contribution in [0, 0.1) is 0 Å². The van der Waals surface area contributed by atoms with Crippen LogP contribution in [-0.2, 0) is 6.54 Å². The van der Waals surface area contributed by atoms with Gasteiger partial charge in [0.05, 0.1) is 5.02 Å². The number of nitrogens with zero attached hydrogens (tertiary/aromatic N) is 1. The number of aromatic hydroxyl groups is 1. The number of benzene rings is 1. The molecule has 1 N–H and O–H groups in total. The molecule has 0 aliphatic carbocycles. The highest BCUT2D eigenvalue weighted by molar-refractivity contribution is 6.32. The number of hydrogen-bond acceptors (Lipinski definition) is 2. The lowest BCUT2D eigenvalue weighted by Crippen LogP contribution is -2.24. The first-order chi connectivity index (χ1) is 7.67. The van der Waals surface area contributed by atoms with E-state index in [1.165, 1.54) is 0 Å². The SMILES string of the molecule is CCCN(CCC)Cc1ccc(O)c(Cl)c1. The van der Waals surface area contributed by atoms with Crippen molar-refractivity contribution in [2.45, 2.75) is 33.2 Å². The zero-order valence-corrected chi connectivity index (χ0v) is 10.8. The average Bonchev–Trinajstić information content (AvgIpc) is 2.24. The van der Waals surface area contributed by atoms with Crippen molar-refractivity contribution in [3.8, 4) is 5.75 Å². The van der Waals surface area contributed by atoms with E-state index in [0.717, 1.165) is 38.0 Å². The fourth-order valence-corrected chi connectivity index (χ4v) is 2.01. The van der Waals surface area contributed by atoms with Crippen molar-refractivity contribution in [3.63, 3.8) is 0 Å². The molecule has 1 aromatic carbocycles. The lowest BCUT2D eigenvalue weighted by molar-refractivity contribution is 0.266. The van der Waals surface area contributed by atoms with E-state index in [0.29, 0.717) is 5.02 Å². The molecule has 90 valence electrons. The Kier molecular flexibility index (Phi) is 5.64. The van der Waals surface area contributed by atoms with Gasteiger partial charge in [-0.05, 0) is 43.6 Å². The van der Waals surface area contributed by atoms with Gasteiger partial charge in [0.15, 0.2) is 0 Å². The van der Waals surface area contributed by atoms with Crippen molar-refractivity contribution in [2.24, 2.45) is 0 Å². The Bertz CT molecular complexity index is 322. The molecule has 0 aliphatic heterocycles. The molecular formula is C13H20ClNO. The third kappa shape index (κ3) is 4.03. The second-order valence-electron chi connectivity index (χ2n) is 4.06. The van der Waals surface area contributed by atoms with Gasteiger partial charge in [0.1, 0.15) is 5.75 Å². The summed E-state index contributed by atoms with van der Waals surface area (Å²) >= 11 is 5.88. The molecule has 2 nitrogen and oxygen atoms in total. The van der Waals surface area contributed by atoms with Crippen molar-refractivity contribution in [1.29, 1.82) is 0 Å². The van der Waals surface area contributed by atoms with Gasteiger partial charge in [-0.15, -0.1) is 0 Å². The van der Waals surface area contributed by atoms with E-state index in [2.05, 4.69) is 18.7 Å². The van der Waals surface area contributed by atoms with Crippen LogP contribution in [0.1, 0.15) is 32.3 Å². The molecule has 0 unspecified atom stereocenters. The predicted octanol–water partition coefficient (Wildman–Crippen LogP) is 3.67. The van der Waals surface area contributed by atoms with E-state index in [-0.39, 0.29) is 5.75 Å². The molecule has 1 rings (SSSR count). The number of halogens is 1. The van der Waals surface area contributed by atoms with Gasteiger partial charge in [-0.25, -0.2) is 0 Å². The zero-order valence-electron chi connectivity index (χ0n) is 10.0. The van der Waals surface area contributed by atoms with Crippen LogP contribution in [0.4, 0.5) is 0 Å². The standard InChI is InChI=1S/C13H20ClNO/c1-3-7-15(8-4-2)10-11-5-6-13(16)12(14)9-11/h5-6,9,16H,3-4,7-8,10H2,1-2H3. The molecule has 0 aromatic heterocycles. The number of hydrogen-bond donors (Lipinski definition) is 1. The van der Waals surface area contributed by atoms with Gasteiger partial charge in [-0.3, -0.25) is 4.90 Å². The summed E-state index contributed by atoms with van der Waals surface area (Å²) in [7, 11) is 0. The van der Waals surface area contributed by atoms with Crippen LogP contribution in [0.2, 0.25) is 5.02 Å². The summed E-state index contributed by atoms with van der Waals surface area (Å²) in [6.07, 6.45) is 2.32. The maximum Gasteiger partial charge on any atom is 0.134 e. The van der Waals surface area contributed by atoms with Crippen LogP contribution in [0.5, 0.6) is 5.75 Å². The van der Waals surface area contributed by atoms with Gasteiger partial charge < -0.3 is 5.11 Å². The summed E-state index contributed by atoms with van der Waals surface area (Å²) in [5.74, 6) is 0.156. The van der Waals surface area contributed by atoms with Crippen LogP contribution in [-0.4, -0.2) is 23.1 Å². The first-order valence-corrected chi connectivity index (χ1v) is 6.25. The molecule has 0 fully saturated rings. The van der Waals surface area contributed by atoms with Gasteiger partial charge in [0, 0.05) is 6.54 Å². The Morgan fingerprint density at radius 2 is 1.81 bits per heavy atom. The lowest BCUT2D eigenvalue weighted by atomic mass is 10.2. The Morgan fingerprint density at radius 3 is 2.31 bits per heavy atom. The summed E-state index contributed by atoms with van der Waals surface area (Å²) in [6, 6.07) is 5.43. The average molecular weight is 242 g/mol. The highest BCUT2D eigenvalue weighted by Gasteiger charge is 2.05. The minimum Gasteiger partial charge on any atom is -0.506 e. The third-order valence-corrected chi connectivity index (χ3v) is 2.80. The van der Waals surface area contributed by atoms with Gasteiger partial charge in [0.2, 0.25) is 0 Å².